The van der Waals surface area contributed by atoms with E-state index in [1.54, 1.807) is 0 Å². The Hall–Kier alpha value is -2.71. The van der Waals surface area contributed by atoms with E-state index >= 15 is 0 Å². The lowest BCUT2D eigenvalue weighted by molar-refractivity contribution is -0.422. The Bertz CT molecular complexity index is 628. The normalized spacial score (nSPS) is 12.0. The highest BCUT2D eigenvalue weighted by atomic mass is 19.1. The first-order chi connectivity index (χ1) is 9.66. The average molecular weight is 298 g/mol. The number of nitro groups is 2. The van der Waals surface area contributed by atoms with Gasteiger partial charge in [-0.25, -0.2) is 4.39 Å². The van der Waals surface area contributed by atoms with Crippen molar-refractivity contribution in [2.24, 2.45) is 5.92 Å². The number of hydrogen-bond donors (Lipinski definition) is 0. The third kappa shape index (κ3) is 3.44. The molecule has 0 bridgehead atoms. The Morgan fingerprint density at radius 3 is 2.05 bits per heavy atom. The van der Waals surface area contributed by atoms with Gasteiger partial charge in [0.25, 0.3) is 0 Å². The number of alkyl halides is 1. The molecule has 0 saturated carbocycles. The quantitative estimate of drug-likeness (QED) is 0.343. The number of hydrogen-bond acceptors (Lipinski definition) is 6. The monoisotopic (exact) mass is 298 g/mol. The van der Waals surface area contributed by atoms with Crippen LogP contribution in [-0.2, 0) is 4.79 Å². The fourth-order valence-electron chi connectivity index (χ4n) is 1.55. The number of carbonyl (C=O) groups excluding carboxylic acids is 2. The van der Waals surface area contributed by atoms with E-state index in [9.17, 15) is 34.2 Å². The first-order valence-corrected chi connectivity index (χ1v) is 5.81. The van der Waals surface area contributed by atoms with Crippen LogP contribution in [-0.4, -0.2) is 27.6 Å². The number of rotatable bonds is 6. The van der Waals surface area contributed by atoms with Gasteiger partial charge in [0.15, 0.2) is 5.78 Å². The standard InChI is InChI=1S/C12H11FN2O6/c1-6(2)11(16)10(13)12(17)7-3-4-8(14(18)19)9(5-7)15(20)21/h3-6,10H,1-2H3. The Morgan fingerprint density at radius 1 is 1.10 bits per heavy atom. The van der Waals surface area contributed by atoms with Crippen LogP contribution in [0.4, 0.5) is 15.8 Å². The van der Waals surface area contributed by atoms with Crippen molar-refractivity contribution in [3.05, 3.63) is 44.0 Å². The molecule has 0 aliphatic heterocycles. The molecule has 0 amide bonds. The van der Waals surface area contributed by atoms with Crippen LogP contribution in [0.1, 0.15) is 24.2 Å². The molecule has 1 rings (SSSR count). The molecule has 0 aliphatic carbocycles. The van der Waals surface area contributed by atoms with Gasteiger partial charge in [0.2, 0.25) is 12.0 Å². The van der Waals surface area contributed by atoms with E-state index in [-0.39, 0.29) is 0 Å². The van der Waals surface area contributed by atoms with Gasteiger partial charge >= 0.3 is 11.4 Å². The summed E-state index contributed by atoms with van der Waals surface area (Å²) in [5, 5.41) is 21.4. The molecule has 0 N–H and O–H groups in total. The summed E-state index contributed by atoms with van der Waals surface area (Å²) in [6.45, 7) is 2.81. The highest BCUT2D eigenvalue weighted by molar-refractivity contribution is 6.13. The van der Waals surface area contributed by atoms with Crippen molar-refractivity contribution >= 4 is 22.9 Å². The maximum Gasteiger partial charge on any atom is 0.346 e. The summed E-state index contributed by atoms with van der Waals surface area (Å²) < 4.78 is 13.7. The molecule has 0 heterocycles. The van der Waals surface area contributed by atoms with E-state index in [0.717, 1.165) is 12.1 Å². The highest BCUT2D eigenvalue weighted by Crippen LogP contribution is 2.28. The first kappa shape index (κ1) is 16.3. The molecule has 9 heteroatoms. The predicted molar refractivity (Wildman–Crippen MR) is 68.8 cm³/mol. The third-order valence-corrected chi connectivity index (χ3v) is 2.70. The summed E-state index contributed by atoms with van der Waals surface area (Å²) in [6.07, 6.45) is -2.45. The largest absolute Gasteiger partial charge is 0.346 e. The van der Waals surface area contributed by atoms with Crippen molar-refractivity contribution in [3.63, 3.8) is 0 Å². The van der Waals surface area contributed by atoms with Gasteiger partial charge in [0.1, 0.15) is 0 Å². The molecular weight excluding hydrogens is 287 g/mol. The summed E-state index contributed by atoms with van der Waals surface area (Å²) in [7, 11) is 0. The van der Waals surface area contributed by atoms with Crippen molar-refractivity contribution < 1.29 is 23.8 Å². The summed E-state index contributed by atoms with van der Waals surface area (Å²) >= 11 is 0. The van der Waals surface area contributed by atoms with Crippen molar-refractivity contribution in [1.29, 1.82) is 0 Å². The predicted octanol–water partition coefficient (Wildman–Crippen LogP) is 2.25. The van der Waals surface area contributed by atoms with Crippen LogP contribution in [0.2, 0.25) is 0 Å². The van der Waals surface area contributed by atoms with Crippen LogP contribution < -0.4 is 0 Å². The lowest BCUT2D eigenvalue weighted by atomic mass is 9.97. The van der Waals surface area contributed by atoms with Crippen LogP contribution in [0.15, 0.2) is 18.2 Å². The summed E-state index contributed by atoms with van der Waals surface area (Å²) in [4.78, 5) is 42.5. The molecule has 0 aromatic heterocycles. The molecule has 0 spiro atoms. The minimum atomic E-state index is -2.45. The number of ketones is 2. The average Bonchev–Trinajstić information content (AvgIpc) is 2.43. The number of benzene rings is 1. The molecular formula is C12H11FN2O6. The van der Waals surface area contributed by atoms with Crippen LogP contribution in [0.3, 0.4) is 0 Å². The lowest BCUT2D eigenvalue weighted by Gasteiger charge is -2.08. The van der Waals surface area contributed by atoms with Crippen molar-refractivity contribution in [2.45, 2.75) is 20.0 Å². The maximum atomic E-state index is 13.7. The number of nitrogens with zero attached hydrogens (tertiary/aromatic N) is 2. The molecule has 8 nitrogen and oxygen atoms in total. The molecule has 0 aliphatic rings. The second-order valence-corrected chi connectivity index (χ2v) is 4.50. The summed E-state index contributed by atoms with van der Waals surface area (Å²) in [6, 6.07) is 2.21. The van der Waals surface area contributed by atoms with E-state index in [2.05, 4.69) is 0 Å². The zero-order valence-corrected chi connectivity index (χ0v) is 11.1. The van der Waals surface area contributed by atoms with Gasteiger partial charge < -0.3 is 0 Å². The van der Waals surface area contributed by atoms with Gasteiger partial charge in [-0.2, -0.15) is 0 Å². The van der Waals surface area contributed by atoms with Crippen molar-refractivity contribution in [2.75, 3.05) is 0 Å². The Morgan fingerprint density at radius 2 is 1.62 bits per heavy atom. The van der Waals surface area contributed by atoms with Crippen LogP contribution in [0.25, 0.3) is 0 Å². The smallest absolute Gasteiger partial charge is 0.296 e. The molecule has 1 aromatic rings. The fourth-order valence-corrected chi connectivity index (χ4v) is 1.55. The van der Waals surface area contributed by atoms with E-state index < -0.39 is 50.4 Å². The molecule has 1 unspecified atom stereocenters. The van der Waals surface area contributed by atoms with E-state index in [1.165, 1.54) is 13.8 Å². The number of halogens is 1. The first-order valence-electron chi connectivity index (χ1n) is 5.81. The van der Waals surface area contributed by atoms with Crippen LogP contribution in [0.5, 0.6) is 0 Å². The maximum absolute atomic E-state index is 13.7. The Labute approximate surface area is 117 Å². The zero-order valence-electron chi connectivity index (χ0n) is 11.1. The van der Waals surface area contributed by atoms with E-state index in [4.69, 9.17) is 0 Å². The second kappa shape index (κ2) is 6.16. The molecule has 0 saturated heterocycles. The minimum absolute atomic E-state index is 0.464. The summed E-state index contributed by atoms with van der Waals surface area (Å²) in [5.74, 6) is -2.94. The van der Waals surface area contributed by atoms with Gasteiger partial charge in [0, 0.05) is 23.6 Å². The third-order valence-electron chi connectivity index (χ3n) is 2.70. The van der Waals surface area contributed by atoms with Gasteiger partial charge in [-0.3, -0.25) is 29.8 Å². The van der Waals surface area contributed by atoms with Crippen molar-refractivity contribution in [3.8, 4) is 0 Å². The Balaban J connectivity index is 3.24. The number of Topliss-reactive ketones (excluding diaryl/α,β-unsaturated/α-hetero) is 2. The number of carbonyl (C=O) groups is 2. The van der Waals surface area contributed by atoms with Gasteiger partial charge in [0.05, 0.1) is 9.85 Å². The van der Waals surface area contributed by atoms with Gasteiger partial charge in [-0.05, 0) is 6.07 Å². The Kier molecular flexibility index (Phi) is 4.79. The molecule has 0 fully saturated rings. The topological polar surface area (TPSA) is 120 Å². The van der Waals surface area contributed by atoms with Crippen LogP contribution in [0, 0.1) is 26.1 Å². The molecule has 112 valence electrons. The van der Waals surface area contributed by atoms with E-state index in [0.29, 0.717) is 6.07 Å². The minimum Gasteiger partial charge on any atom is -0.296 e. The van der Waals surface area contributed by atoms with Gasteiger partial charge in [-0.1, -0.05) is 13.8 Å². The second-order valence-electron chi connectivity index (χ2n) is 4.50. The molecule has 1 atom stereocenters. The number of nitro benzene ring substituents is 2. The molecule has 0 radical (unpaired) electrons. The fraction of sp³-hybridized carbons (Fsp3) is 0.333. The zero-order chi connectivity index (χ0) is 16.3. The highest BCUT2D eigenvalue weighted by Gasteiger charge is 2.32. The lowest BCUT2D eigenvalue weighted by Crippen LogP contribution is -2.29. The SMILES string of the molecule is CC(C)C(=O)C(F)C(=O)c1ccc([N+](=O)[O-])c([N+](=O)[O-])c1. The van der Waals surface area contributed by atoms with Crippen LogP contribution >= 0.6 is 0 Å². The van der Waals surface area contributed by atoms with Gasteiger partial charge in [-0.15, -0.1) is 0 Å². The molecule has 21 heavy (non-hydrogen) atoms. The summed E-state index contributed by atoms with van der Waals surface area (Å²) in [5.41, 5.74) is -2.22. The molecule has 1 aromatic carbocycles. The van der Waals surface area contributed by atoms with E-state index in [1.807, 2.05) is 0 Å². The van der Waals surface area contributed by atoms with Crippen molar-refractivity contribution in [1.82, 2.24) is 0 Å².